The molecule has 0 fully saturated rings. The van der Waals surface area contributed by atoms with Gasteiger partial charge < -0.3 is 0 Å². The Balaban J connectivity index is 1.49. The van der Waals surface area contributed by atoms with Gasteiger partial charge in [0, 0.05) is 22.3 Å². The number of aromatic nitrogens is 5. The molecule has 0 atom stereocenters. The summed E-state index contributed by atoms with van der Waals surface area (Å²) < 4.78 is 43.0. The van der Waals surface area contributed by atoms with Crippen molar-refractivity contribution in [2.24, 2.45) is 0 Å². The van der Waals surface area contributed by atoms with Crippen LogP contribution >= 0.6 is 0 Å². The van der Waals surface area contributed by atoms with Crippen LogP contribution in [0.5, 0.6) is 0 Å². The summed E-state index contributed by atoms with van der Waals surface area (Å²) >= 11 is 0. The molecule has 0 aliphatic rings. The van der Waals surface area contributed by atoms with E-state index in [-0.39, 0.29) is 0 Å². The van der Waals surface area contributed by atoms with Gasteiger partial charge in [-0.25, -0.2) is 19.9 Å². The number of imidazole rings is 1. The van der Waals surface area contributed by atoms with Crippen LogP contribution < -0.4 is 0 Å². The Kier molecular flexibility index (Phi) is 6.51. The van der Waals surface area contributed by atoms with E-state index in [1.54, 1.807) is 6.07 Å². The first-order valence-electron chi connectivity index (χ1n) is 13.6. The lowest BCUT2D eigenvalue weighted by molar-refractivity contribution is -0.137. The highest BCUT2D eigenvalue weighted by Crippen LogP contribution is 2.36. The van der Waals surface area contributed by atoms with E-state index < -0.39 is 11.7 Å². The van der Waals surface area contributed by atoms with Gasteiger partial charge in [-0.2, -0.15) is 13.2 Å². The van der Waals surface area contributed by atoms with Gasteiger partial charge in [-0.3, -0.25) is 4.57 Å². The van der Waals surface area contributed by atoms with E-state index in [9.17, 15) is 13.2 Å². The second-order valence-electron chi connectivity index (χ2n) is 9.89. The number of benzene rings is 5. The number of para-hydroxylation sites is 3. The maximum Gasteiger partial charge on any atom is 0.416 e. The zero-order chi connectivity index (χ0) is 29.4. The first-order chi connectivity index (χ1) is 21.0. The lowest BCUT2D eigenvalue weighted by Crippen LogP contribution is -2.06. The van der Waals surface area contributed by atoms with Gasteiger partial charge in [0.2, 0.25) is 0 Å². The van der Waals surface area contributed by atoms with Crippen molar-refractivity contribution < 1.29 is 13.2 Å². The molecule has 0 saturated heterocycles. The normalized spacial score (nSPS) is 11.6. The number of alkyl halides is 3. The Labute approximate surface area is 245 Å². The SMILES string of the molecule is FC(F)(F)c1cccc(-c2nc3ccccc3n2-c2ccccc2-c2nc(-c3ccccc3)nc(-c3ccccc3)n2)c1. The van der Waals surface area contributed by atoms with E-state index in [1.165, 1.54) is 6.07 Å². The number of rotatable bonds is 5. The Morgan fingerprint density at radius 2 is 1.05 bits per heavy atom. The predicted octanol–water partition coefficient (Wildman–Crippen LogP) is 8.90. The minimum atomic E-state index is -4.49. The summed E-state index contributed by atoms with van der Waals surface area (Å²) in [6.45, 7) is 0. The quantitative estimate of drug-likeness (QED) is 0.208. The van der Waals surface area contributed by atoms with Gasteiger partial charge in [-0.05, 0) is 36.4 Å². The fourth-order valence-electron chi connectivity index (χ4n) is 5.08. The minimum Gasteiger partial charge on any atom is -0.292 e. The van der Waals surface area contributed by atoms with Crippen molar-refractivity contribution >= 4 is 11.0 Å². The molecule has 0 unspecified atom stereocenters. The summed E-state index contributed by atoms with van der Waals surface area (Å²) in [7, 11) is 0. The molecule has 5 nitrogen and oxygen atoms in total. The largest absolute Gasteiger partial charge is 0.416 e. The van der Waals surface area contributed by atoms with Crippen LogP contribution in [0.3, 0.4) is 0 Å². The smallest absolute Gasteiger partial charge is 0.292 e. The second kappa shape index (κ2) is 10.6. The summed E-state index contributed by atoms with van der Waals surface area (Å²) in [5.74, 6) is 1.82. The van der Waals surface area contributed by atoms with E-state index >= 15 is 0 Å². The van der Waals surface area contributed by atoms with E-state index in [0.29, 0.717) is 45.6 Å². The monoisotopic (exact) mass is 569 g/mol. The maximum absolute atomic E-state index is 13.7. The minimum absolute atomic E-state index is 0.339. The van der Waals surface area contributed by atoms with Crippen molar-refractivity contribution in [2.45, 2.75) is 6.18 Å². The molecule has 0 radical (unpaired) electrons. The summed E-state index contributed by atoms with van der Waals surface area (Å²) in [4.78, 5) is 19.4. The van der Waals surface area contributed by atoms with Crippen LogP contribution in [0.1, 0.15) is 5.56 Å². The van der Waals surface area contributed by atoms with Crippen molar-refractivity contribution in [3.05, 3.63) is 139 Å². The van der Waals surface area contributed by atoms with Crippen molar-refractivity contribution in [2.75, 3.05) is 0 Å². The molecule has 2 aromatic heterocycles. The maximum atomic E-state index is 13.7. The molecular weight excluding hydrogens is 547 g/mol. The predicted molar refractivity (Wildman–Crippen MR) is 161 cm³/mol. The molecule has 0 saturated carbocycles. The Morgan fingerprint density at radius 1 is 0.488 bits per heavy atom. The average molecular weight is 570 g/mol. The number of hydrogen-bond donors (Lipinski definition) is 0. The van der Waals surface area contributed by atoms with Crippen molar-refractivity contribution in [1.29, 1.82) is 0 Å². The van der Waals surface area contributed by atoms with E-state index in [2.05, 4.69) is 0 Å². The lowest BCUT2D eigenvalue weighted by Gasteiger charge is -2.16. The fraction of sp³-hybridized carbons (Fsp3) is 0.0286. The van der Waals surface area contributed by atoms with Gasteiger partial charge in [0.25, 0.3) is 0 Å². The molecule has 2 heterocycles. The van der Waals surface area contributed by atoms with Crippen LogP contribution in [0.2, 0.25) is 0 Å². The van der Waals surface area contributed by atoms with Gasteiger partial charge in [0.15, 0.2) is 17.5 Å². The van der Waals surface area contributed by atoms with Crippen LogP contribution in [0.25, 0.3) is 62.3 Å². The van der Waals surface area contributed by atoms with Crippen molar-refractivity contribution in [3.63, 3.8) is 0 Å². The Bertz CT molecular complexity index is 2010. The van der Waals surface area contributed by atoms with Gasteiger partial charge in [0.1, 0.15) is 5.82 Å². The standard InChI is InChI=1S/C35H22F3N5/c36-35(37,38)26-17-11-16-25(22-26)34-39-28-19-8-10-21-30(28)43(34)29-20-9-7-18-27(29)33-41-31(23-12-3-1-4-13-23)40-32(42-33)24-14-5-2-6-15-24/h1-22H. The summed E-state index contributed by atoms with van der Waals surface area (Å²) in [6, 6.07) is 39.6. The average Bonchev–Trinajstić information content (AvgIpc) is 3.45. The Hall–Kier alpha value is -5.63. The summed E-state index contributed by atoms with van der Waals surface area (Å²) in [6.07, 6.45) is -4.49. The summed E-state index contributed by atoms with van der Waals surface area (Å²) in [5.41, 5.74) is 4.00. The highest BCUT2D eigenvalue weighted by atomic mass is 19.4. The third-order valence-electron chi connectivity index (χ3n) is 7.09. The molecule has 0 N–H and O–H groups in total. The van der Waals surface area contributed by atoms with Crippen molar-refractivity contribution in [1.82, 2.24) is 24.5 Å². The molecule has 43 heavy (non-hydrogen) atoms. The third-order valence-corrected chi connectivity index (χ3v) is 7.09. The van der Waals surface area contributed by atoms with Crippen LogP contribution in [-0.2, 0) is 6.18 Å². The van der Waals surface area contributed by atoms with Crippen LogP contribution in [0.15, 0.2) is 133 Å². The van der Waals surface area contributed by atoms with Gasteiger partial charge >= 0.3 is 6.18 Å². The molecule has 7 aromatic rings. The molecule has 0 aliphatic heterocycles. The molecule has 208 valence electrons. The number of hydrogen-bond acceptors (Lipinski definition) is 4. The van der Waals surface area contributed by atoms with Crippen LogP contribution in [0.4, 0.5) is 13.2 Å². The molecule has 0 aliphatic carbocycles. The van der Waals surface area contributed by atoms with Crippen molar-refractivity contribution in [3.8, 4) is 51.2 Å². The zero-order valence-corrected chi connectivity index (χ0v) is 22.6. The first-order valence-corrected chi connectivity index (χ1v) is 13.6. The molecule has 5 aromatic carbocycles. The molecular formula is C35H22F3N5. The molecule has 8 heteroatoms. The second-order valence-corrected chi connectivity index (χ2v) is 9.89. The number of fused-ring (bicyclic) bond motifs is 1. The number of nitrogens with zero attached hydrogens (tertiary/aromatic N) is 5. The number of halogens is 3. The Morgan fingerprint density at radius 3 is 1.72 bits per heavy atom. The lowest BCUT2D eigenvalue weighted by atomic mass is 10.1. The molecule has 0 bridgehead atoms. The molecule has 7 rings (SSSR count). The van der Waals surface area contributed by atoms with E-state index in [1.807, 2.05) is 114 Å². The van der Waals surface area contributed by atoms with E-state index in [0.717, 1.165) is 28.8 Å². The van der Waals surface area contributed by atoms with Crippen LogP contribution in [-0.4, -0.2) is 24.5 Å². The third kappa shape index (κ3) is 5.04. The molecule has 0 amide bonds. The summed E-state index contributed by atoms with van der Waals surface area (Å²) in [5, 5.41) is 0. The van der Waals surface area contributed by atoms with Gasteiger partial charge in [-0.1, -0.05) is 97.1 Å². The first kappa shape index (κ1) is 26.3. The zero-order valence-electron chi connectivity index (χ0n) is 22.6. The fourth-order valence-corrected chi connectivity index (χ4v) is 5.08. The van der Waals surface area contributed by atoms with Gasteiger partial charge in [0.05, 0.1) is 22.3 Å². The van der Waals surface area contributed by atoms with Crippen LogP contribution in [0, 0.1) is 0 Å². The molecule has 0 spiro atoms. The van der Waals surface area contributed by atoms with E-state index in [4.69, 9.17) is 19.9 Å². The highest BCUT2D eigenvalue weighted by molar-refractivity contribution is 5.86. The highest BCUT2D eigenvalue weighted by Gasteiger charge is 2.31. The topological polar surface area (TPSA) is 56.5 Å². The van der Waals surface area contributed by atoms with Gasteiger partial charge in [-0.15, -0.1) is 0 Å².